The second-order valence-electron chi connectivity index (χ2n) is 4.00. The van der Waals surface area contributed by atoms with E-state index in [9.17, 15) is 0 Å². The van der Waals surface area contributed by atoms with Crippen molar-refractivity contribution in [2.45, 2.75) is 25.1 Å². The first kappa shape index (κ1) is 12.3. The van der Waals surface area contributed by atoms with Gasteiger partial charge in [0.2, 0.25) is 0 Å². The molecule has 3 nitrogen and oxygen atoms in total. The van der Waals surface area contributed by atoms with E-state index in [0.717, 1.165) is 24.0 Å². The quantitative estimate of drug-likeness (QED) is 0.892. The molecule has 1 aliphatic heterocycles. The fraction of sp³-hybridized carbons (Fsp3) is 0.462. The normalized spacial score (nSPS) is 18.9. The molecular formula is C13H18N2OS. The lowest BCUT2D eigenvalue weighted by molar-refractivity contribution is 0.414. The minimum Gasteiger partial charge on any atom is -0.497 e. The van der Waals surface area contributed by atoms with Crippen LogP contribution in [0.4, 0.5) is 0 Å². The second-order valence-corrected chi connectivity index (χ2v) is 5.29. The average Bonchev–Trinajstić information content (AvgIpc) is 2.84. The van der Waals surface area contributed by atoms with Crippen LogP contribution >= 0.6 is 11.8 Å². The molecule has 0 spiro atoms. The Hall–Kier alpha value is -1.16. The van der Waals surface area contributed by atoms with E-state index < -0.39 is 0 Å². The molecule has 1 heterocycles. The highest BCUT2D eigenvalue weighted by atomic mass is 32.2. The van der Waals surface area contributed by atoms with Crippen molar-refractivity contribution in [2.24, 2.45) is 4.99 Å². The molecule has 1 aliphatic rings. The zero-order chi connectivity index (χ0) is 12.1. The third-order valence-electron chi connectivity index (χ3n) is 2.75. The molecule has 17 heavy (non-hydrogen) atoms. The summed E-state index contributed by atoms with van der Waals surface area (Å²) in [7, 11) is 1.69. The van der Waals surface area contributed by atoms with Gasteiger partial charge >= 0.3 is 0 Å². The number of thioether (sulfide) groups is 1. The summed E-state index contributed by atoms with van der Waals surface area (Å²) in [4.78, 5) is 4.48. The van der Waals surface area contributed by atoms with Gasteiger partial charge in [-0.3, -0.25) is 4.99 Å². The largest absolute Gasteiger partial charge is 0.497 e. The Balaban J connectivity index is 1.86. The lowest BCUT2D eigenvalue weighted by atomic mass is 10.2. The molecule has 0 aromatic heterocycles. The molecule has 0 fully saturated rings. The van der Waals surface area contributed by atoms with Crippen molar-refractivity contribution < 1.29 is 4.74 Å². The number of hydrogen-bond donors (Lipinski definition) is 1. The lowest BCUT2D eigenvalue weighted by Crippen LogP contribution is -2.18. The second kappa shape index (κ2) is 5.96. The summed E-state index contributed by atoms with van der Waals surface area (Å²) >= 11 is 1.85. The van der Waals surface area contributed by atoms with Gasteiger partial charge in [-0.05, 0) is 24.1 Å². The Labute approximate surface area is 107 Å². The van der Waals surface area contributed by atoms with Crippen LogP contribution in [0.25, 0.3) is 0 Å². The number of ether oxygens (including phenoxy) is 1. The van der Waals surface area contributed by atoms with Crippen molar-refractivity contribution in [3.05, 3.63) is 29.8 Å². The number of nitrogens with zero attached hydrogens (tertiary/aromatic N) is 1. The molecule has 1 atom stereocenters. The minimum atomic E-state index is 0.655. The Morgan fingerprint density at radius 1 is 1.53 bits per heavy atom. The molecule has 92 valence electrons. The smallest absolute Gasteiger partial charge is 0.157 e. The van der Waals surface area contributed by atoms with Crippen molar-refractivity contribution in [1.82, 2.24) is 5.32 Å². The van der Waals surface area contributed by atoms with E-state index in [1.165, 1.54) is 12.0 Å². The van der Waals surface area contributed by atoms with E-state index in [2.05, 4.69) is 23.3 Å². The summed E-state index contributed by atoms with van der Waals surface area (Å²) in [5.74, 6) is 0.900. The molecule has 0 saturated carbocycles. The third-order valence-corrected chi connectivity index (χ3v) is 4.06. The van der Waals surface area contributed by atoms with Gasteiger partial charge < -0.3 is 10.1 Å². The number of amidine groups is 1. The SMILES string of the molecule is CCC1CN=C(NCc2cccc(OC)c2)S1. The Bertz CT molecular complexity index is 406. The Kier molecular flexibility index (Phi) is 4.31. The number of hydrogen-bond acceptors (Lipinski definition) is 4. The van der Waals surface area contributed by atoms with Gasteiger partial charge in [-0.2, -0.15) is 0 Å². The van der Waals surface area contributed by atoms with E-state index in [4.69, 9.17) is 4.74 Å². The Morgan fingerprint density at radius 3 is 3.12 bits per heavy atom. The van der Waals surface area contributed by atoms with Gasteiger partial charge in [0.25, 0.3) is 0 Å². The van der Waals surface area contributed by atoms with Crippen molar-refractivity contribution in [1.29, 1.82) is 0 Å². The number of aliphatic imine (C=N–C) groups is 1. The van der Waals surface area contributed by atoms with Crippen LogP contribution in [0.3, 0.4) is 0 Å². The van der Waals surface area contributed by atoms with Gasteiger partial charge in [-0.15, -0.1) is 0 Å². The van der Waals surface area contributed by atoms with E-state index in [-0.39, 0.29) is 0 Å². The van der Waals surface area contributed by atoms with Crippen LogP contribution in [0.2, 0.25) is 0 Å². The first-order valence-electron chi connectivity index (χ1n) is 5.89. The number of benzene rings is 1. The highest BCUT2D eigenvalue weighted by molar-refractivity contribution is 8.14. The summed E-state index contributed by atoms with van der Waals surface area (Å²) < 4.78 is 5.20. The van der Waals surface area contributed by atoms with Crippen LogP contribution in [0, 0.1) is 0 Å². The summed E-state index contributed by atoms with van der Waals surface area (Å²) in [6, 6.07) is 8.10. The lowest BCUT2D eigenvalue weighted by Gasteiger charge is -2.08. The maximum absolute atomic E-state index is 5.20. The number of rotatable bonds is 4. The van der Waals surface area contributed by atoms with Crippen molar-refractivity contribution in [3.63, 3.8) is 0 Å². The van der Waals surface area contributed by atoms with Gasteiger partial charge in [-0.1, -0.05) is 30.8 Å². The summed E-state index contributed by atoms with van der Waals surface area (Å²) in [5, 5.41) is 5.10. The van der Waals surface area contributed by atoms with Crippen molar-refractivity contribution in [3.8, 4) is 5.75 Å². The fourth-order valence-corrected chi connectivity index (χ4v) is 2.62. The van der Waals surface area contributed by atoms with Crippen molar-refractivity contribution in [2.75, 3.05) is 13.7 Å². The molecule has 0 aliphatic carbocycles. The standard InChI is InChI=1S/C13H18N2OS/c1-3-12-9-15-13(17-12)14-8-10-5-4-6-11(7-10)16-2/h4-7,12H,3,8-9H2,1-2H3,(H,14,15). The highest BCUT2D eigenvalue weighted by Gasteiger charge is 2.16. The summed E-state index contributed by atoms with van der Waals surface area (Å²) in [6.07, 6.45) is 1.18. The molecule has 1 N–H and O–H groups in total. The van der Waals surface area contributed by atoms with E-state index in [1.807, 2.05) is 30.0 Å². The molecule has 2 rings (SSSR count). The van der Waals surface area contributed by atoms with Crippen LogP contribution in [0.5, 0.6) is 5.75 Å². The van der Waals surface area contributed by atoms with E-state index in [1.54, 1.807) is 7.11 Å². The van der Waals surface area contributed by atoms with Gasteiger partial charge in [0.05, 0.1) is 13.7 Å². The zero-order valence-electron chi connectivity index (χ0n) is 10.3. The molecule has 0 radical (unpaired) electrons. The van der Waals surface area contributed by atoms with Crippen molar-refractivity contribution >= 4 is 16.9 Å². The topological polar surface area (TPSA) is 33.6 Å². The summed E-state index contributed by atoms with van der Waals surface area (Å²) in [6.45, 7) is 3.96. The first-order valence-corrected chi connectivity index (χ1v) is 6.77. The Morgan fingerprint density at radius 2 is 2.41 bits per heavy atom. The first-order chi connectivity index (χ1) is 8.31. The van der Waals surface area contributed by atoms with Crippen LogP contribution in [-0.2, 0) is 6.54 Å². The van der Waals surface area contributed by atoms with Gasteiger partial charge in [-0.25, -0.2) is 0 Å². The number of nitrogens with one attached hydrogen (secondary N) is 1. The predicted octanol–water partition coefficient (Wildman–Crippen LogP) is 2.67. The van der Waals surface area contributed by atoms with Crippen LogP contribution in [0.1, 0.15) is 18.9 Å². The molecule has 1 unspecified atom stereocenters. The fourth-order valence-electron chi connectivity index (χ4n) is 1.69. The molecular weight excluding hydrogens is 232 g/mol. The van der Waals surface area contributed by atoms with Crippen LogP contribution in [-0.4, -0.2) is 24.1 Å². The summed E-state index contributed by atoms with van der Waals surface area (Å²) in [5.41, 5.74) is 1.22. The average molecular weight is 250 g/mol. The molecule has 0 saturated heterocycles. The molecule has 4 heteroatoms. The monoisotopic (exact) mass is 250 g/mol. The molecule has 1 aromatic carbocycles. The van der Waals surface area contributed by atoms with Crippen LogP contribution in [0.15, 0.2) is 29.3 Å². The molecule has 0 amide bonds. The maximum atomic E-state index is 5.20. The molecule has 0 bridgehead atoms. The predicted molar refractivity (Wildman–Crippen MR) is 73.8 cm³/mol. The van der Waals surface area contributed by atoms with E-state index >= 15 is 0 Å². The highest BCUT2D eigenvalue weighted by Crippen LogP contribution is 2.22. The maximum Gasteiger partial charge on any atom is 0.157 e. The van der Waals surface area contributed by atoms with Crippen LogP contribution < -0.4 is 10.1 Å². The third kappa shape index (κ3) is 3.40. The minimum absolute atomic E-state index is 0.655. The van der Waals surface area contributed by atoms with E-state index in [0.29, 0.717) is 5.25 Å². The zero-order valence-corrected chi connectivity index (χ0v) is 11.1. The van der Waals surface area contributed by atoms with Gasteiger partial charge in [0.1, 0.15) is 5.75 Å². The number of methoxy groups -OCH3 is 1. The van der Waals surface area contributed by atoms with Gasteiger partial charge in [0, 0.05) is 11.8 Å². The molecule has 1 aromatic rings. The van der Waals surface area contributed by atoms with Gasteiger partial charge in [0.15, 0.2) is 5.17 Å².